The maximum Gasteiger partial charge on any atom is 0.240 e. The summed E-state index contributed by atoms with van der Waals surface area (Å²) >= 11 is 0. The smallest absolute Gasteiger partial charge is 0.240 e. The van der Waals surface area contributed by atoms with Gasteiger partial charge in [0.25, 0.3) is 0 Å². The molecule has 0 bridgehead atoms. The van der Waals surface area contributed by atoms with E-state index >= 15 is 0 Å². The number of benzene rings is 1. The summed E-state index contributed by atoms with van der Waals surface area (Å²) in [5.74, 6) is 0.409. The van der Waals surface area contributed by atoms with Gasteiger partial charge in [-0.25, -0.2) is 22.8 Å². The highest BCUT2D eigenvalue weighted by Crippen LogP contribution is 2.20. The number of aromatic nitrogens is 6. The van der Waals surface area contributed by atoms with Crippen molar-refractivity contribution in [3.05, 3.63) is 49.1 Å². The first kappa shape index (κ1) is 17.1. The van der Waals surface area contributed by atoms with Crippen LogP contribution >= 0.6 is 0 Å². The lowest BCUT2D eigenvalue weighted by Gasteiger charge is -2.06. The fourth-order valence-corrected chi connectivity index (χ4v) is 3.30. The number of nitrogens with zero attached hydrogens (tertiary/aromatic N) is 6. The van der Waals surface area contributed by atoms with Crippen LogP contribution in [0.4, 0.5) is 11.6 Å². The Hall–Kier alpha value is -3.31. The summed E-state index contributed by atoms with van der Waals surface area (Å²) in [6.45, 7) is 0. The van der Waals surface area contributed by atoms with Gasteiger partial charge in [0.2, 0.25) is 16.0 Å². The van der Waals surface area contributed by atoms with Gasteiger partial charge in [0, 0.05) is 19.4 Å². The molecule has 0 aliphatic rings. The van der Waals surface area contributed by atoms with Crippen LogP contribution in [0, 0.1) is 0 Å². The molecule has 2 N–H and O–H groups in total. The van der Waals surface area contributed by atoms with Crippen LogP contribution in [-0.2, 0) is 17.1 Å². The van der Waals surface area contributed by atoms with Gasteiger partial charge in [0.15, 0.2) is 5.65 Å². The van der Waals surface area contributed by atoms with Crippen LogP contribution in [0.15, 0.2) is 53.9 Å². The Morgan fingerprint density at radius 3 is 2.48 bits per heavy atom. The molecule has 0 saturated heterocycles. The highest BCUT2D eigenvalue weighted by atomic mass is 32.2. The lowest BCUT2D eigenvalue weighted by atomic mass is 10.3. The third-order valence-corrected chi connectivity index (χ3v) is 5.36. The molecule has 0 radical (unpaired) electrons. The zero-order valence-corrected chi connectivity index (χ0v) is 15.3. The van der Waals surface area contributed by atoms with Crippen LogP contribution < -0.4 is 10.0 Å². The molecule has 3 aromatic heterocycles. The van der Waals surface area contributed by atoms with Gasteiger partial charge < -0.3 is 5.32 Å². The Labute approximate surface area is 154 Å². The van der Waals surface area contributed by atoms with Gasteiger partial charge in [0.05, 0.1) is 34.1 Å². The molecule has 0 atom stereocenters. The number of hydrogen-bond donors (Lipinski definition) is 2. The SMILES string of the molecule is CNS(=O)(=O)c1ccc(-n2ncc3cnc(Nc4cnn(C)c4)nc32)cc1. The molecule has 4 rings (SSSR count). The van der Waals surface area contributed by atoms with Gasteiger partial charge in [-0.2, -0.15) is 15.2 Å². The van der Waals surface area contributed by atoms with E-state index in [0.29, 0.717) is 17.3 Å². The summed E-state index contributed by atoms with van der Waals surface area (Å²) in [5.41, 5.74) is 2.05. The first-order valence-corrected chi connectivity index (χ1v) is 9.45. The second kappa shape index (κ2) is 6.45. The second-order valence-electron chi connectivity index (χ2n) is 5.76. The number of hydrogen-bond acceptors (Lipinski definition) is 7. The number of rotatable bonds is 5. The second-order valence-corrected chi connectivity index (χ2v) is 7.64. The van der Waals surface area contributed by atoms with Crippen molar-refractivity contribution >= 4 is 32.7 Å². The Morgan fingerprint density at radius 1 is 1.04 bits per heavy atom. The molecule has 0 fully saturated rings. The Kier molecular flexibility index (Phi) is 4.09. The quantitative estimate of drug-likeness (QED) is 0.530. The summed E-state index contributed by atoms with van der Waals surface area (Å²) in [6, 6.07) is 6.38. The molecule has 3 heterocycles. The van der Waals surface area contributed by atoms with E-state index in [0.717, 1.165) is 11.1 Å². The van der Waals surface area contributed by atoms with E-state index in [9.17, 15) is 8.42 Å². The normalized spacial score (nSPS) is 11.8. The fraction of sp³-hybridized carbons (Fsp3) is 0.125. The average Bonchev–Trinajstić information content (AvgIpc) is 3.27. The number of aryl methyl sites for hydroxylation is 1. The Bertz CT molecular complexity index is 1210. The van der Waals surface area contributed by atoms with Gasteiger partial charge in [0.1, 0.15) is 0 Å². The van der Waals surface area contributed by atoms with Gasteiger partial charge in [-0.1, -0.05) is 0 Å². The number of nitrogens with one attached hydrogen (secondary N) is 2. The van der Waals surface area contributed by atoms with Crippen molar-refractivity contribution in [3.63, 3.8) is 0 Å². The summed E-state index contributed by atoms with van der Waals surface area (Å²) in [4.78, 5) is 8.97. The molecular weight excluding hydrogens is 368 g/mol. The molecule has 0 unspecified atom stereocenters. The minimum absolute atomic E-state index is 0.179. The van der Waals surface area contributed by atoms with E-state index in [4.69, 9.17) is 0 Å². The molecule has 10 nitrogen and oxygen atoms in total. The Balaban J connectivity index is 1.70. The number of sulfonamides is 1. The average molecular weight is 384 g/mol. The van der Waals surface area contributed by atoms with Gasteiger partial charge in [-0.05, 0) is 31.3 Å². The van der Waals surface area contributed by atoms with Crippen molar-refractivity contribution < 1.29 is 8.42 Å². The van der Waals surface area contributed by atoms with Crippen LogP contribution in [-0.4, -0.2) is 45.0 Å². The number of fused-ring (bicyclic) bond motifs is 1. The van der Waals surface area contributed by atoms with E-state index < -0.39 is 10.0 Å². The molecule has 0 aliphatic carbocycles. The standard InChI is InChI=1S/C16H16N8O2S/c1-17-27(25,26)14-5-3-13(4-6-14)24-15-11(8-20-24)7-18-16(22-15)21-12-9-19-23(2)10-12/h3-10,17H,1-2H3,(H,18,21,22). The predicted molar refractivity (Wildman–Crippen MR) is 99.4 cm³/mol. The minimum Gasteiger partial charge on any atom is -0.321 e. The molecule has 0 amide bonds. The predicted octanol–water partition coefficient (Wildman–Crippen LogP) is 1.20. The molecular formula is C16H16N8O2S. The fourth-order valence-electron chi connectivity index (χ4n) is 2.57. The maximum absolute atomic E-state index is 11.9. The van der Waals surface area contributed by atoms with Crippen LogP contribution in [0.5, 0.6) is 0 Å². The van der Waals surface area contributed by atoms with E-state index in [2.05, 4.69) is 30.2 Å². The molecule has 11 heteroatoms. The molecule has 0 aliphatic heterocycles. The first-order valence-electron chi connectivity index (χ1n) is 7.97. The molecule has 0 saturated carbocycles. The van der Waals surface area contributed by atoms with Crippen molar-refractivity contribution in [2.75, 3.05) is 12.4 Å². The first-order chi connectivity index (χ1) is 13.0. The maximum atomic E-state index is 11.9. The minimum atomic E-state index is -3.49. The summed E-state index contributed by atoms with van der Waals surface area (Å²) in [6.07, 6.45) is 6.81. The zero-order valence-electron chi connectivity index (χ0n) is 14.5. The topological polar surface area (TPSA) is 120 Å². The van der Waals surface area contributed by atoms with Gasteiger partial charge >= 0.3 is 0 Å². The van der Waals surface area contributed by atoms with Crippen LogP contribution in [0.1, 0.15) is 0 Å². The van der Waals surface area contributed by atoms with Gasteiger partial charge in [-0.15, -0.1) is 0 Å². The van der Waals surface area contributed by atoms with Crippen LogP contribution in [0.2, 0.25) is 0 Å². The molecule has 138 valence electrons. The summed E-state index contributed by atoms with van der Waals surface area (Å²) in [5, 5.41) is 12.3. The van der Waals surface area contributed by atoms with Crippen molar-refractivity contribution in [3.8, 4) is 5.69 Å². The number of anilines is 2. The van der Waals surface area contributed by atoms with E-state index in [1.54, 1.807) is 40.1 Å². The van der Waals surface area contributed by atoms with E-state index in [1.807, 2.05) is 13.2 Å². The molecule has 0 spiro atoms. The highest BCUT2D eigenvalue weighted by molar-refractivity contribution is 7.89. The van der Waals surface area contributed by atoms with Crippen LogP contribution in [0.25, 0.3) is 16.7 Å². The van der Waals surface area contributed by atoms with Crippen molar-refractivity contribution in [1.29, 1.82) is 0 Å². The molecule has 27 heavy (non-hydrogen) atoms. The lowest BCUT2D eigenvalue weighted by Crippen LogP contribution is -2.18. The summed E-state index contributed by atoms with van der Waals surface area (Å²) in [7, 11) is -0.294. The van der Waals surface area contributed by atoms with Crippen LogP contribution in [0.3, 0.4) is 0 Å². The van der Waals surface area contributed by atoms with E-state index in [1.165, 1.54) is 19.2 Å². The molecule has 4 aromatic rings. The van der Waals surface area contributed by atoms with Crippen molar-refractivity contribution in [1.82, 2.24) is 34.3 Å². The van der Waals surface area contributed by atoms with Crippen molar-refractivity contribution in [2.24, 2.45) is 7.05 Å². The third kappa shape index (κ3) is 3.25. The monoisotopic (exact) mass is 384 g/mol. The zero-order chi connectivity index (χ0) is 19.0. The molecule has 1 aromatic carbocycles. The van der Waals surface area contributed by atoms with Crippen molar-refractivity contribution in [2.45, 2.75) is 4.90 Å². The van der Waals surface area contributed by atoms with E-state index in [-0.39, 0.29) is 4.90 Å². The largest absolute Gasteiger partial charge is 0.321 e. The highest BCUT2D eigenvalue weighted by Gasteiger charge is 2.13. The lowest BCUT2D eigenvalue weighted by molar-refractivity contribution is 0.588. The Morgan fingerprint density at radius 2 is 1.81 bits per heavy atom. The third-order valence-electron chi connectivity index (χ3n) is 3.93. The summed E-state index contributed by atoms with van der Waals surface area (Å²) < 4.78 is 29.3. The van der Waals surface area contributed by atoms with Gasteiger partial charge in [-0.3, -0.25) is 4.68 Å².